The maximum absolute atomic E-state index is 12.7. The van der Waals surface area contributed by atoms with E-state index < -0.39 is 0 Å². The van der Waals surface area contributed by atoms with Crippen LogP contribution in [0.4, 0.5) is 5.69 Å². The first-order chi connectivity index (χ1) is 12.1. The Labute approximate surface area is 149 Å². The lowest BCUT2D eigenvalue weighted by Gasteiger charge is -2.46. The number of amides is 1. The van der Waals surface area contributed by atoms with Crippen LogP contribution in [0.15, 0.2) is 36.4 Å². The van der Waals surface area contributed by atoms with E-state index in [4.69, 9.17) is 0 Å². The molecule has 0 bridgehead atoms. The van der Waals surface area contributed by atoms with Gasteiger partial charge < -0.3 is 20.1 Å². The second kappa shape index (κ2) is 6.23. The number of anilines is 1. The van der Waals surface area contributed by atoms with Gasteiger partial charge in [-0.25, -0.2) is 0 Å². The van der Waals surface area contributed by atoms with Gasteiger partial charge in [0.25, 0.3) is 5.91 Å². The number of nitrogens with zero attached hydrogens (tertiary/aromatic N) is 2. The second-order valence-corrected chi connectivity index (χ2v) is 7.36. The van der Waals surface area contributed by atoms with E-state index in [1.807, 2.05) is 20.2 Å². The van der Waals surface area contributed by atoms with Gasteiger partial charge in [-0.15, -0.1) is 0 Å². The van der Waals surface area contributed by atoms with Crippen molar-refractivity contribution in [2.45, 2.75) is 37.9 Å². The molecule has 25 heavy (non-hydrogen) atoms. The van der Waals surface area contributed by atoms with Gasteiger partial charge in [-0.1, -0.05) is 12.1 Å². The van der Waals surface area contributed by atoms with Gasteiger partial charge in [0, 0.05) is 45.1 Å². The molecule has 132 valence electrons. The van der Waals surface area contributed by atoms with E-state index in [1.165, 1.54) is 25.0 Å². The molecule has 1 aromatic carbocycles. The van der Waals surface area contributed by atoms with Crippen LogP contribution in [0.25, 0.3) is 0 Å². The van der Waals surface area contributed by atoms with E-state index in [1.54, 1.807) is 0 Å². The monoisotopic (exact) mass is 338 g/mol. The van der Waals surface area contributed by atoms with E-state index in [0.717, 1.165) is 30.0 Å². The average Bonchev–Trinajstić information content (AvgIpc) is 3.03. The predicted molar refractivity (Wildman–Crippen MR) is 99.9 cm³/mol. The second-order valence-electron chi connectivity index (χ2n) is 7.36. The van der Waals surface area contributed by atoms with Crippen LogP contribution in [0.1, 0.15) is 41.0 Å². The fraction of sp³-hybridized carbons (Fsp3) is 0.450. The molecular formula is C20H26N4O. The molecule has 1 fully saturated rings. The van der Waals surface area contributed by atoms with E-state index in [9.17, 15) is 4.79 Å². The van der Waals surface area contributed by atoms with Crippen LogP contribution >= 0.6 is 0 Å². The summed E-state index contributed by atoms with van der Waals surface area (Å²) in [7, 11) is 4.05. The van der Waals surface area contributed by atoms with Crippen molar-refractivity contribution in [3.63, 3.8) is 0 Å². The average molecular weight is 338 g/mol. The van der Waals surface area contributed by atoms with Crippen LogP contribution in [0.2, 0.25) is 0 Å². The van der Waals surface area contributed by atoms with Crippen molar-refractivity contribution in [3.8, 4) is 0 Å². The summed E-state index contributed by atoms with van der Waals surface area (Å²) in [6, 6.07) is 12.4. The third kappa shape index (κ3) is 2.82. The predicted octanol–water partition coefficient (Wildman–Crippen LogP) is 2.47. The van der Waals surface area contributed by atoms with Crippen LogP contribution < -0.4 is 15.5 Å². The Morgan fingerprint density at radius 3 is 2.60 bits per heavy atom. The van der Waals surface area contributed by atoms with Crippen molar-refractivity contribution < 1.29 is 4.79 Å². The molecule has 1 amide bonds. The van der Waals surface area contributed by atoms with Gasteiger partial charge in [0.2, 0.25) is 0 Å². The van der Waals surface area contributed by atoms with Crippen LogP contribution in [-0.4, -0.2) is 31.1 Å². The largest absolute Gasteiger partial charge is 0.378 e. The summed E-state index contributed by atoms with van der Waals surface area (Å²) in [6.45, 7) is 2.36. The molecule has 0 radical (unpaired) electrons. The summed E-state index contributed by atoms with van der Waals surface area (Å²) in [6.07, 6.45) is 3.62. The van der Waals surface area contributed by atoms with Gasteiger partial charge in [-0.2, -0.15) is 0 Å². The topological polar surface area (TPSA) is 49.3 Å². The summed E-state index contributed by atoms with van der Waals surface area (Å²) in [5, 5.41) is 6.73. The summed E-state index contributed by atoms with van der Waals surface area (Å²) >= 11 is 0. The van der Waals surface area contributed by atoms with Gasteiger partial charge in [0.05, 0.1) is 5.54 Å². The number of hydrogen-bond donors (Lipinski definition) is 2. The van der Waals surface area contributed by atoms with E-state index in [-0.39, 0.29) is 11.4 Å². The minimum absolute atomic E-state index is 0.0132. The fourth-order valence-corrected chi connectivity index (χ4v) is 3.97. The van der Waals surface area contributed by atoms with Crippen LogP contribution in [-0.2, 0) is 18.6 Å². The number of carbonyl (C=O) groups is 1. The number of aromatic nitrogens is 1. The molecule has 0 unspecified atom stereocenters. The van der Waals surface area contributed by atoms with Crippen molar-refractivity contribution in [2.24, 2.45) is 0 Å². The zero-order valence-electron chi connectivity index (χ0n) is 15.0. The molecule has 1 spiro atoms. The van der Waals surface area contributed by atoms with Gasteiger partial charge in [-0.3, -0.25) is 4.79 Å². The quantitative estimate of drug-likeness (QED) is 0.900. The highest BCUT2D eigenvalue weighted by Gasteiger charge is 2.43. The Morgan fingerprint density at radius 2 is 1.96 bits per heavy atom. The molecule has 1 aliphatic heterocycles. The van der Waals surface area contributed by atoms with Crippen LogP contribution in [0.5, 0.6) is 0 Å². The first-order valence-electron chi connectivity index (χ1n) is 9.09. The zero-order valence-corrected chi connectivity index (χ0v) is 15.0. The van der Waals surface area contributed by atoms with Crippen molar-refractivity contribution in [1.82, 2.24) is 15.2 Å². The molecule has 4 rings (SSSR count). The molecule has 2 aliphatic rings. The third-order valence-electron chi connectivity index (χ3n) is 5.62. The van der Waals surface area contributed by atoms with E-state index in [2.05, 4.69) is 50.4 Å². The Kier molecular flexibility index (Phi) is 4.04. The maximum Gasteiger partial charge on any atom is 0.268 e. The lowest BCUT2D eigenvalue weighted by Crippen LogP contribution is -2.54. The van der Waals surface area contributed by atoms with Crippen molar-refractivity contribution >= 4 is 11.6 Å². The number of rotatable bonds is 4. The number of fused-ring (bicyclic) bond motifs is 2. The Balaban J connectivity index is 1.45. The van der Waals surface area contributed by atoms with Gasteiger partial charge in [0.15, 0.2) is 0 Å². The molecule has 2 heterocycles. The van der Waals surface area contributed by atoms with Crippen molar-refractivity contribution in [2.75, 3.05) is 25.5 Å². The summed E-state index contributed by atoms with van der Waals surface area (Å²) in [5.74, 6) is 0.0132. The number of hydrogen-bond acceptors (Lipinski definition) is 3. The summed E-state index contributed by atoms with van der Waals surface area (Å²) in [4.78, 5) is 14.8. The number of benzene rings is 1. The third-order valence-corrected chi connectivity index (χ3v) is 5.62. The standard InChI is InChI=1S/C20H26N4O/c1-23(2)16-6-4-15(5-7-16)14-21-19(25)17-8-9-18-20(10-3-11-20)22-12-13-24(17)18/h4-9,22H,3,10-14H2,1-2H3,(H,21,25). The highest BCUT2D eigenvalue weighted by Crippen LogP contribution is 2.43. The molecule has 1 aromatic heterocycles. The molecule has 1 aliphatic carbocycles. The van der Waals surface area contributed by atoms with E-state index in [0.29, 0.717) is 6.54 Å². The van der Waals surface area contributed by atoms with Crippen molar-refractivity contribution in [3.05, 3.63) is 53.3 Å². The van der Waals surface area contributed by atoms with Crippen molar-refractivity contribution in [1.29, 1.82) is 0 Å². The summed E-state index contributed by atoms with van der Waals surface area (Å²) < 4.78 is 2.21. The van der Waals surface area contributed by atoms with Crippen LogP contribution in [0.3, 0.4) is 0 Å². The molecule has 1 saturated carbocycles. The lowest BCUT2D eigenvalue weighted by atomic mass is 9.73. The number of nitrogens with one attached hydrogen (secondary N) is 2. The Morgan fingerprint density at radius 1 is 1.20 bits per heavy atom. The highest BCUT2D eigenvalue weighted by molar-refractivity contribution is 5.93. The van der Waals surface area contributed by atoms with Gasteiger partial charge in [0.1, 0.15) is 5.69 Å². The molecular weight excluding hydrogens is 312 g/mol. The number of carbonyl (C=O) groups excluding carboxylic acids is 1. The fourth-order valence-electron chi connectivity index (χ4n) is 3.97. The molecule has 5 nitrogen and oxygen atoms in total. The summed E-state index contributed by atoms with van der Waals surface area (Å²) in [5.41, 5.74) is 4.47. The molecule has 2 N–H and O–H groups in total. The first kappa shape index (κ1) is 16.2. The Hall–Kier alpha value is -2.27. The minimum atomic E-state index is 0.0132. The SMILES string of the molecule is CN(C)c1ccc(CNC(=O)c2ccc3n2CCNC32CCC2)cc1. The Bertz CT molecular complexity index is 771. The molecule has 5 heteroatoms. The first-order valence-corrected chi connectivity index (χ1v) is 9.09. The zero-order chi connectivity index (χ0) is 17.4. The lowest BCUT2D eigenvalue weighted by molar-refractivity contribution is 0.0933. The van der Waals surface area contributed by atoms with Crippen LogP contribution in [0, 0.1) is 0 Å². The normalized spacial score (nSPS) is 17.7. The molecule has 0 atom stereocenters. The van der Waals surface area contributed by atoms with Gasteiger partial charge >= 0.3 is 0 Å². The smallest absolute Gasteiger partial charge is 0.268 e. The highest BCUT2D eigenvalue weighted by atomic mass is 16.1. The minimum Gasteiger partial charge on any atom is -0.378 e. The molecule has 0 saturated heterocycles. The van der Waals surface area contributed by atoms with Gasteiger partial charge in [-0.05, 0) is 49.1 Å². The molecule has 2 aromatic rings. The maximum atomic E-state index is 12.7. The van der Waals surface area contributed by atoms with E-state index >= 15 is 0 Å².